The predicted octanol–water partition coefficient (Wildman–Crippen LogP) is 2.76. The summed E-state index contributed by atoms with van der Waals surface area (Å²) in [6.07, 6.45) is -4.32. The predicted molar refractivity (Wildman–Crippen MR) is 64.6 cm³/mol. The van der Waals surface area contributed by atoms with E-state index in [2.05, 4.69) is 10.2 Å². The van der Waals surface area contributed by atoms with Crippen molar-refractivity contribution in [3.63, 3.8) is 0 Å². The van der Waals surface area contributed by atoms with Gasteiger partial charge in [-0.2, -0.15) is 13.2 Å². The Kier molecular flexibility index (Phi) is 4.14. The van der Waals surface area contributed by atoms with Gasteiger partial charge in [0, 0.05) is 37.7 Å². The Hall–Kier alpha value is -0.780. The second kappa shape index (κ2) is 5.47. The van der Waals surface area contributed by atoms with Crippen LogP contribution in [0.2, 0.25) is 5.02 Å². The highest BCUT2D eigenvalue weighted by Crippen LogP contribution is 2.32. The van der Waals surface area contributed by atoms with Crippen LogP contribution in [0.5, 0.6) is 0 Å². The fraction of sp³-hybridized carbons (Fsp3) is 0.500. The maximum absolute atomic E-state index is 12.6. The first kappa shape index (κ1) is 13.6. The molecule has 0 atom stereocenters. The summed E-state index contributed by atoms with van der Waals surface area (Å²) in [4.78, 5) is 2.10. The van der Waals surface area contributed by atoms with E-state index >= 15 is 0 Å². The first-order chi connectivity index (χ1) is 8.47. The van der Waals surface area contributed by atoms with Gasteiger partial charge < -0.3 is 5.32 Å². The standard InChI is InChI=1S/C12H14ClF3N2/c13-11-2-1-10(12(14,15)16)7-9(11)8-18-5-3-17-4-6-18/h1-2,7,17H,3-6,8H2. The quantitative estimate of drug-likeness (QED) is 0.895. The molecule has 18 heavy (non-hydrogen) atoms. The number of hydrogen-bond acceptors (Lipinski definition) is 2. The molecule has 0 amide bonds. The molecule has 0 unspecified atom stereocenters. The number of nitrogens with one attached hydrogen (secondary N) is 1. The van der Waals surface area contributed by atoms with E-state index in [4.69, 9.17) is 11.6 Å². The van der Waals surface area contributed by atoms with E-state index in [1.54, 1.807) is 0 Å². The van der Waals surface area contributed by atoms with E-state index in [1.807, 2.05) is 0 Å². The molecule has 0 aromatic heterocycles. The van der Waals surface area contributed by atoms with Crippen LogP contribution >= 0.6 is 11.6 Å². The Labute approximate surface area is 109 Å². The smallest absolute Gasteiger partial charge is 0.314 e. The van der Waals surface area contributed by atoms with Gasteiger partial charge in [0.2, 0.25) is 0 Å². The van der Waals surface area contributed by atoms with Gasteiger partial charge in [0.05, 0.1) is 5.56 Å². The summed E-state index contributed by atoms with van der Waals surface area (Å²) in [5.41, 5.74) is -0.106. The van der Waals surface area contributed by atoms with Crippen LogP contribution in [-0.2, 0) is 12.7 Å². The third-order valence-electron chi connectivity index (χ3n) is 2.98. The molecule has 1 aromatic rings. The van der Waals surface area contributed by atoms with Gasteiger partial charge in [-0.25, -0.2) is 0 Å². The zero-order valence-electron chi connectivity index (χ0n) is 9.73. The van der Waals surface area contributed by atoms with Gasteiger partial charge in [-0.15, -0.1) is 0 Å². The van der Waals surface area contributed by atoms with Crippen LogP contribution in [0.15, 0.2) is 18.2 Å². The van der Waals surface area contributed by atoms with Crippen LogP contribution in [0.25, 0.3) is 0 Å². The Balaban J connectivity index is 2.15. The average molecular weight is 279 g/mol. The van der Waals surface area contributed by atoms with Crippen molar-refractivity contribution in [2.24, 2.45) is 0 Å². The lowest BCUT2D eigenvalue weighted by Crippen LogP contribution is -2.42. The number of nitrogens with zero attached hydrogens (tertiary/aromatic N) is 1. The lowest BCUT2D eigenvalue weighted by Gasteiger charge is -2.27. The molecule has 0 spiro atoms. The number of halogens is 4. The Morgan fingerprint density at radius 2 is 1.89 bits per heavy atom. The van der Waals surface area contributed by atoms with Crippen molar-refractivity contribution in [1.29, 1.82) is 0 Å². The van der Waals surface area contributed by atoms with Crippen LogP contribution in [0, 0.1) is 0 Å². The van der Waals surface area contributed by atoms with Crippen molar-refractivity contribution in [1.82, 2.24) is 10.2 Å². The highest BCUT2D eigenvalue weighted by Gasteiger charge is 2.31. The molecular weight excluding hydrogens is 265 g/mol. The molecule has 1 N–H and O–H groups in total. The number of rotatable bonds is 2. The normalized spacial score (nSPS) is 18.0. The molecule has 1 saturated heterocycles. The van der Waals surface area contributed by atoms with Gasteiger partial charge in [0.25, 0.3) is 0 Å². The minimum atomic E-state index is -4.32. The third kappa shape index (κ3) is 3.37. The third-order valence-corrected chi connectivity index (χ3v) is 3.35. The molecule has 1 aliphatic heterocycles. The molecule has 1 heterocycles. The summed E-state index contributed by atoms with van der Waals surface area (Å²) in [6.45, 7) is 3.83. The second-order valence-electron chi connectivity index (χ2n) is 4.33. The van der Waals surface area contributed by atoms with E-state index in [9.17, 15) is 13.2 Å². The first-order valence-electron chi connectivity index (χ1n) is 5.75. The molecule has 0 bridgehead atoms. The number of alkyl halides is 3. The Morgan fingerprint density at radius 3 is 2.50 bits per heavy atom. The van der Waals surface area contributed by atoms with Crippen molar-refractivity contribution in [2.45, 2.75) is 12.7 Å². The molecule has 1 fully saturated rings. The topological polar surface area (TPSA) is 15.3 Å². The van der Waals surface area contributed by atoms with Crippen molar-refractivity contribution >= 4 is 11.6 Å². The molecule has 2 nitrogen and oxygen atoms in total. The molecule has 1 aromatic carbocycles. The lowest BCUT2D eigenvalue weighted by atomic mass is 10.1. The SMILES string of the molecule is FC(F)(F)c1ccc(Cl)c(CN2CCNCC2)c1. The van der Waals surface area contributed by atoms with Gasteiger partial charge in [0.1, 0.15) is 0 Å². The first-order valence-corrected chi connectivity index (χ1v) is 6.13. The fourth-order valence-electron chi connectivity index (χ4n) is 1.98. The summed E-state index contributed by atoms with van der Waals surface area (Å²) >= 11 is 5.96. The van der Waals surface area contributed by atoms with Crippen LogP contribution in [0.4, 0.5) is 13.2 Å². The van der Waals surface area contributed by atoms with Gasteiger partial charge >= 0.3 is 6.18 Å². The molecule has 0 radical (unpaired) electrons. The highest BCUT2D eigenvalue weighted by molar-refractivity contribution is 6.31. The van der Waals surface area contributed by atoms with Crippen molar-refractivity contribution in [2.75, 3.05) is 26.2 Å². The molecule has 6 heteroatoms. The van der Waals surface area contributed by atoms with Gasteiger partial charge in [-0.1, -0.05) is 11.6 Å². The van der Waals surface area contributed by atoms with Crippen molar-refractivity contribution < 1.29 is 13.2 Å². The Bertz CT molecular complexity index is 414. The van der Waals surface area contributed by atoms with E-state index in [0.717, 1.165) is 38.3 Å². The minimum Gasteiger partial charge on any atom is -0.314 e. The number of benzene rings is 1. The molecule has 0 saturated carbocycles. The van der Waals surface area contributed by atoms with Crippen LogP contribution in [0.3, 0.4) is 0 Å². The summed E-state index contributed by atoms with van der Waals surface area (Å²) in [5.74, 6) is 0. The van der Waals surface area contributed by atoms with E-state index in [-0.39, 0.29) is 0 Å². The lowest BCUT2D eigenvalue weighted by molar-refractivity contribution is -0.137. The second-order valence-corrected chi connectivity index (χ2v) is 4.74. The summed E-state index contributed by atoms with van der Waals surface area (Å²) in [5, 5.41) is 3.59. The molecule has 100 valence electrons. The summed E-state index contributed by atoms with van der Waals surface area (Å²) in [7, 11) is 0. The van der Waals surface area contributed by atoms with E-state index in [0.29, 0.717) is 17.1 Å². The Morgan fingerprint density at radius 1 is 1.22 bits per heavy atom. The molecule has 2 rings (SSSR count). The largest absolute Gasteiger partial charge is 0.416 e. The average Bonchev–Trinajstić information content (AvgIpc) is 2.32. The van der Waals surface area contributed by atoms with Crippen molar-refractivity contribution in [3.8, 4) is 0 Å². The van der Waals surface area contributed by atoms with Crippen LogP contribution in [0.1, 0.15) is 11.1 Å². The molecular formula is C12H14ClF3N2. The zero-order valence-corrected chi connectivity index (χ0v) is 10.5. The minimum absolute atomic E-state index is 0.390. The van der Waals surface area contributed by atoms with Crippen LogP contribution < -0.4 is 5.32 Å². The van der Waals surface area contributed by atoms with Gasteiger partial charge in [0.15, 0.2) is 0 Å². The number of hydrogen-bond donors (Lipinski definition) is 1. The maximum Gasteiger partial charge on any atom is 0.416 e. The maximum atomic E-state index is 12.6. The van der Waals surface area contributed by atoms with E-state index < -0.39 is 11.7 Å². The van der Waals surface area contributed by atoms with Crippen molar-refractivity contribution in [3.05, 3.63) is 34.3 Å². The van der Waals surface area contributed by atoms with Crippen LogP contribution in [-0.4, -0.2) is 31.1 Å². The van der Waals surface area contributed by atoms with Gasteiger partial charge in [-0.05, 0) is 23.8 Å². The van der Waals surface area contributed by atoms with E-state index in [1.165, 1.54) is 6.07 Å². The highest BCUT2D eigenvalue weighted by atomic mass is 35.5. The summed E-state index contributed by atoms with van der Waals surface area (Å²) < 4.78 is 37.8. The summed E-state index contributed by atoms with van der Waals surface area (Å²) in [6, 6.07) is 3.48. The van der Waals surface area contributed by atoms with Gasteiger partial charge in [-0.3, -0.25) is 4.90 Å². The monoisotopic (exact) mass is 278 g/mol. The fourth-order valence-corrected chi connectivity index (χ4v) is 2.16. The molecule has 1 aliphatic rings. The number of piperazine rings is 1. The zero-order chi connectivity index (χ0) is 13.2. The molecule has 0 aliphatic carbocycles.